The van der Waals surface area contributed by atoms with Crippen LogP contribution in [0.15, 0.2) is 30.3 Å². The van der Waals surface area contributed by atoms with E-state index in [2.05, 4.69) is 5.32 Å². The Labute approximate surface area is 105 Å². The Morgan fingerprint density at radius 2 is 1.88 bits per heavy atom. The molecule has 0 aromatic heterocycles. The van der Waals surface area contributed by atoms with Crippen molar-refractivity contribution in [3.8, 4) is 0 Å². The van der Waals surface area contributed by atoms with Gasteiger partial charge in [0.1, 0.15) is 0 Å². The van der Waals surface area contributed by atoms with E-state index in [-0.39, 0.29) is 11.0 Å². The molecule has 1 aromatic carbocycles. The first kappa shape index (κ1) is 13.5. The standard InChI is InChI=1S/C13H15NO2S/c1-10(15)14-13-7-5-12(6-8-13)4-3-9-17-11(2)16/h3-8H,9H2,1-2H3,(H,14,15). The van der Waals surface area contributed by atoms with Crippen molar-refractivity contribution in [3.05, 3.63) is 35.9 Å². The molecule has 0 aliphatic carbocycles. The number of anilines is 1. The summed E-state index contributed by atoms with van der Waals surface area (Å²) in [5.41, 5.74) is 1.83. The zero-order valence-corrected chi connectivity index (χ0v) is 10.7. The predicted octanol–water partition coefficient (Wildman–Crippen LogP) is 2.94. The summed E-state index contributed by atoms with van der Waals surface area (Å²) in [5, 5.41) is 2.82. The SMILES string of the molecule is CC(=O)Nc1ccc(C=CCSC(C)=O)cc1. The lowest BCUT2D eigenvalue weighted by atomic mass is 10.2. The molecule has 0 aliphatic heterocycles. The molecule has 1 rings (SSSR count). The summed E-state index contributed by atoms with van der Waals surface area (Å²) >= 11 is 1.28. The lowest BCUT2D eigenvalue weighted by molar-refractivity contribution is -0.114. The highest BCUT2D eigenvalue weighted by atomic mass is 32.2. The van der Waals surface area contributed by atoms with Gasteiger partial charge in [0.05, 0.1) is 0 Å². The molecule has 0 spiro atoms. The number of benzene rings is 1. The first-order chi connectivity index (χ1) is 8.08. The van der Waals surface area contributed by atoms with E-state index in [1.807, 2.05) is 36.4 Å². The summed E-state index contributed by atoms with van der Waals surface area (Å²) in [6.45, 7) is 3.04. The number of hydrogen-bond acceptors (Lipinski definition) is 3. The summed E-state index contributed by atoms with van der Waals surface area (Å²) in [7, 11) is 0. The predicted molar refractivity (Wildman–Crippen MR) is 72.9 cm³/mol. The number of carbonyl (C=O) groups excluding carboxylic acids is 2. The largest absolute Gasteiger partial charge is 0.326 e. The van der Waals surface area contributed by atoms with Crippen LogP contribution in [0.3, 0.4) is 0 Å². The maximum absolute atomic E-state index is 10.8. The molecule has 0 fully saturated rings. The fourth-order valence-corrected chi connectivity index (χ4v) is 1.66. The third-order valence-electron chi connectivity index (χ3n) is 1.92. The highest BCUT2D eigenvalue weighted by Crippen LogP contribution is 2.11. The highest BCUT2D eigenvalue weighted by molar-refractivity contribution is 8.13. The Bertz CT molecular complexity index is 424. The first-order valence-electron chi connectivity index (χ1n) is 5.25. The van der Waals surface area contributed by atoms with Gasteiger partial charge in [-0.1, -0.05) is 36.0 Å². The molecule has 3 nitrogen and oxygen atoms in total. The molecule has 0 saturated carbocycles. The lowest BCUT2D eigenvalue weighted by Crippen LogP contribution is -2.05. The molecule has 0 bridgehead atoms. The normalized spacial score (nSPS) is 10.5. The summed E-state index contributed by atoms with van der Waals surface area (Å²) in [4.78, 5) is 21.5. The van der Waals surface area contributed by atoms with E-state index >= 15 is 0 Å². The van der Waals surface area contributed by atoms with Crippen molar-refractivity contribution in [2.45, 2.75) is 13.8 Å². The molecule has 0 heterocycles. The maximum Gasteiger partial charge on any atom is 0.221 e. The van der Waals surface area contributed by atoms with Crippen molar-refractivity contribution in [2.24, 2.45) is 0 Å². The van der Waals surface area contributed by atoms with Crippen molar-refractivity contribution in [1.29, 1.82) is 0 Å². The van der Waals surface area contributed by atoms with Crippen LogP contribution in [-0.2, 0) is 9.59 Å². The van der Waals surface area contributed by atoms with Crippen LogP contribution in [0, 0.1) is 0 Å². The number of rotatable bonds is 4. The van der Waals surface area contributed by atoms with Crippen molar-refractivity contribution >= 4 is 34.5 Å². The monoisotopic (exact) mass is 249 g/mol. The third kappa shape index (κ3) is 5.92. The van der Waals surface area contributed by atoms with E-state index in [1.54, 1.807) is 6.92 Å². The van der Waals surface area contributed by atoms with E-state index < -0.39 is 0 Å². The van der Waals surface area contributed by atoms with Gasteiger partial charge in [-0.3, -0.25) is 9.59 Å². The van der Waals surface area contributed by atoms with Gasteiger partial charge in [-0.2, -0.15) is 0 Å². The van der Waals surface area contributed by atoms with Gasteiger partial charge in [0.25, 0.3) is 0 Å². The summed E-state index contributed by atoms with van der Waals surface area (Å²) in [5.74, 6) is 0.606. The number of hydrogen-bond donors (Lipinski definition) is 1. The Balaban J connectivity index is 2.50. The molecular weight excluding hydrogens is 234 g/mol. The van der Waals surface area contributed by atoms with E-state index in [4.69, 9.17) is 0 Å². The van der Waals surface area contributed by atoms with E-state index in [9.17, 15) is 9.59 Å². The molecule has 0 aliphatic rings. The Morgan fingerprint density at radius 1 is 1.24 bits per heavy atom. The Hall–Kier alpha value is -1.55. The molecule has 0 saturated heterocycles. The molecule has 1 amide bonds. The molecule has 1 aromatic rings. The van der Waals surface area contributed by atoms with E-state index in [1.165, 1.54) is 18.7 Å². The van der Waals surface area contributed by atoms with Gasteiger partial charge < -0.3 is 5.32 Å². The van der Waals surface area contributed by atoms with Crippen LogP contribution in [0.25, 0.3) is 6.08 Å². The van der Waals surface area contributed by atoms with E-state index in [0.29, 0.717) is 5.75 Å². The maximum atomic E-state index is 10.8. The Morgan fingerprint density at radius 3 is 2.41 bits per heavy atom. The fourth-order valence-electron chi connectivity index (χ4n) is 1.23. The molecule has 90 valence electrons. The van der Waals surface area contributed by atoms with Crippen LogP contribution < -0.4 is 5.32 Å². The van der Waals surface area contributed by atoms with Gasteiger partial charge in [-0.15, -0.1) is 0 Å². The van der Waals surface area contributed by atoms with Crippen LogP contribution >= 0.6 is 11.8 Å². The van der Waals surface area contributed by atoms with Gasteiger partial charge in [0.2, 0.25) is 5.91 Å². The second-order valence-corrected chi connectivity index (χ2v) is 4.71. The average Bonchev–Trinajstić information content (AvgIpc) is 2.25. The van der Waals surface area contributed by atoms with E-state index in [0.717, 1.165) is 11.3 Å². The molecule has 0 radical (unpaired) electrons. The third-order valence-corrected chi connectivity index (χ3v) is 2.69. The second kappa shape index (κ2) is 6.91. The van der Waals surface area contributed by atoms with Crippen LogP contribution in [0.5, 0.6) is 0 Å². The van der Waals surface area contributed by atoms with Crippen LogP contribution in [0.4, 0.5) is 5.69 Å². The molecule has 0 unspecified atom stereocenters. The fraction of sp³-hybridized carbons (Fsp3) is 0.231. The minimum Gasteiger partial charge on any atom is -0.326 e. The number of thioether (sulfide) groups is 1. The Kier molecular flexibility index (Phi) is 5.49. The highest BCUT2D eigenvalue weighted by Gasteiger charge is 1.94. The van der Waals surface area contributed by atoms with Gasteiger partial charge in [-0.25, -0.2) is 0 Å². The summed E-state index contributed by atoms with van der Waals surface area (Å²) < 4.78 is 0. The molecule has 1 N–H and O–H groups in total. The van der Waals surface area contributed by atoms with Gasteiger partial charge in [-0.05, 0) is 17.7 Å². The minimum atomic E-state index is -0.0776. The smallest absolute Gasteiger partial charge is 0.221 e. The summed E-state index contributed by atoms with van der Waals surface area (Å²) in [6, 6.07) is 7.53. The van der Waals surface area contributed by atoms with Crippen LogP contribution in [0.2, 0.25) is 0 Å². The van der Waals surface area contributed by atoms with Crippen LogP contribution in [-0.4, -0.2) is 16.8 Å². The molecule has 4 heteroatoms. The lowest BCUT2D eigenvalue weighted by Gasteiger charge is -2.01. The second-order valence-electron chi connectivity index (χ2n) is 3.51. The number of amides is 1. The van der Waals surface area contributed by atoms with Crippen molar-refractivity contribution in [3.63, 3.8) is 0 Å². The number of carbonyl (C=O) groups is 2. The minimum absolute atomic E-state index is 0.0776. The van der Waals surface area contributed by atoms with Crippen molar-refractivity contribution in [2.75, 3.05) is 11.1 Å². The average molecular weight is 249 g/mol. The van der Waals surface area contributed by atoms with Crippen molar-refractivity contribution in [1.82, 2.24) is 0 Å². The molecule has 0 atom stereocenters. The van der Waals surface area contributed by atoms with Crippen molar-refractivity contribution < 1.29 is 9.59 Å². The topological polar surface area (TPSA) is 46.2 Å². The van der Waals surface area contributed by atoms with Gasteiger partial charge in [0.15, 0.2) is 5.12 Å². The zero-order valence-electron chi connectivity index (χ0n) is 9.90. The first-order valence-corrected chi connectivity index (χ1v) is 6.24. The summed E-state index contributed by atoms with van der Waals surface area (Å²) in [6.07, 6.45) is 3.90. The quantitative estimate of drug-likeness (QED) is 0.892. The molecular formula is C13H15NO2S. The van der Waals surface area contributed by atoms with Crippen LogP contribution in [0.1, 0.15) is 19.4 Å². The van der Waals surface area contributed by atoms with Gasteiger partial charge in [0, 0.05) is 25.3 Å². The van der Waals surface area contributed by atoms with Gasteiger partial charge >= 0.3 is 0 Å². The molecule has 17 heavy (non-hydrogen) atoms. The number of nitrogens with one attached hydrogen (secondary N) is 1. The zero-order chi connectivity index (χ0) is 12.7.